The molecule has 2 aromatic rings. The number of hydrogen-bond donors (Lipinski definition) is 2. The van der Waals surface area contributed by atoms with Crippen LogP contribution in [0.1, 0.15) is 43.0 Å². The lowest BCUT2D eigenvalue weighted by atomic mass is 9.89. The summed E-state index contributed by atoms with van der Waals surface area (Å²) in [6.07, 6.45) is -3.88. The quantitative estimate of drug-likeness (QED) is 0.553. The predicted octanol–water partition coefficient (Wildman–Crippen LogP) is 6.26. The molecule has 2 N–H and O–H groups in total. The Balaban J connectivity index is 1.80. The zero-order valence-corrected chi connectivity index (χ0v) is 17.1. The lowest BCUT2D eigenvalue weighted by molar-refractivity contribution is -0.137. The van der Waals surface area contributed by atoms with E-state index < -0.39 is 17.3 Å². The van der Waals surface area contributed by atoms with Gasteiger partial charge in [-0.3, -0.25) is 0 Å². The Bertz CT molecular complexity index is 915. The van der Waals surface area contributed by atoms with E-state index in [9.17, 15) is 13.2 Å². The molecule has 1 atom stereocenters. The molecule has 0 amide bonds. The third kappa shape index (κ3) is 4.70. The van der Waals surface area contributed by atoms with Gasteiger partial charge in [-0.05, 0) is 57.3 Å². The van der Waals surface area contributed by atoms with Crippen molar-refractivity contribution >= 4 is 34.6 Å². The minimum Gasteiger partial charge on any atom is -0.487 e. The highest BCUT2D eigenvalue weighted by Crippen LogP contribution is 2.40. The van der Waals surface area contributed by atoms with Crippen molar-refractivity contribution in [3.05, 3.63) is 58.1 Å². The van der Waals surface area contributed by atoms with Crippen LogP contribution < -0.4 is 15.4 Å². The molecule has 0 radical (unpaired) electrons. The molecule has 1 aliphatic rings. The molecule has 0 aliphatic carbocycles. The topological polar surface area (TPSA) is 33.3 Å². The number of benzene rings is 2. The van der Waals surface area contributed by atoms with E-state index in [4.69, 9.17) is 28.6 Å². The van der Waals surface area contributed by atoms with Crippen LogP contribution in [0.4, 0.5) is 18.9 Å². The van der Waals surface area contributed by atoms with Crippen molar-refractivity contribution in [3.63, 3.8) is 0 Å². The van der Waals surface area contributed by atoms with Crippen molar-refractivity contribution in [2.24, 2.45) is 0 Å². The second-order valence-electron chi connectivity index (χ2n) is 7.45. The number of ether oxygens (including phenoxy) is 1. The zero-order valence-electron chi connectivity index (χ0n) is 15.6. The maximum absolute atomic E-state index is 13.1. The Labute approximate surface area is 172 Å². The first-order valence-corrected chi connectivity index (χ1v) is 9.47. The van der Waals surface area contributed by atoms with Crippen molar-refractivity contribution in [3.8, 4) is 5.75 Å². The molecule has 28 heavy (non-hydrogen) atoms. The third-order valence-corrected chi connectivity index (χ3v) is 5.01. The van der Waals surface area contributed by atoms with Gasteiger partial charge in [0.15, 0.2) is 5.11 Å². The summed E-state index contributed by atoms with van der Waals surface area (Å²) in [4.78, 5) is 0. The lowest BCUT2D eigenvalue weighted by Crippen LogP contribution is -2.42. The Morgan fingerprint density at radius 1 is 1.21 bits per heavy atom. The van der Waals surface area contributed by atoms with Crippen LogP contribution in [0.25, 0.3) is 0 Å². The molecule has 0 saturated carbocycles. The zero-order chi connectivity index (χ0) is 20.7. The van der Waals surface area contributed by atoms with Crippen molar-refractivity contribution in [2.45, 2.75) is 45.0 Å². The molecule has 2 aromatic carbocycles. The lowest BCUT2D eigenvalue weighted by Gasteiger charge is -2.38. The first-order valence-electron chi connectivity index (χ1n) is 8.68. The Kier molecular flexibility index (Phi) is 5.51. The summed E-state index contributed by atoms with van der Waals surface area (Å²) in [6.45, 7) is 5.95. The average molecular weight is 429 g/mol. The van der Waals surface area contributed by atoms with Crippen molar-refractivity contribution in [1.29, 1.82) is 0 Å². The van der Waals surface area contributed by atoms with Gasteiger partial charge >= 0.3 is 6.18 Å². The van der Waals surface area contributed by atoms with E-state index in [1.54, 1.807) is 0 Å². The minimum atomic E-state index is -4.54. The second kappa shape index (κ2) is 7.44. The monoisotopic (exact) mass is 428 g/mol. The van der Waals surface area contributed by atoms with Crippen molar-refractivity contribution in [2.75, 3.05) is 5.32 Å². The first-order chi connectivity index (χ1) is 12.9. The van der Waals surface area contributed by atoms with Gasteiger partial charge in [0.25, 0.3) is 0 Å². The summed E-state index contributed by atoms with van der Waals surface area (Å²) in [7, 11) is 0. The van der Waals surface area contributed by atoms with E-state index in [0.717, 1.165) is 22.9 Å². The molecule has 3 nitrogen and oxygen atoms in total. The van der Waals surface area contributed by atoms with Gasteiger partial charge < -0.3 is 15.4 Å². The number of thiocarbonyl (C=S) groups is 1. The van der Waals surface area contributed by atoms with Crippen molar-refractivity contribution < 1.29 is 17.9 Å². The maximum Gasteiger partial charge on any atom is 0.417 e. The second-order valence-corrected chi connectivity index (χ2v) is 8.27. The summed E-state index contributed by atoms with van der Waals surface area (Å²) in [5.41, 5.74) is 0.954. The molecule has 0 aromatic heterocycles. The fourth-order valence-electron chi connectivity index (χ4n) is 3.25. The number of fused-ring (bicyclic) bond motifs is 1. The highest BCUT2D eigenvalue weighted by Gasteiger charge is 2.35. The highest BCUT2D eigenvalue weighted by atomic mass is 35.5. The van der Waals surface area contributed by atoms with E-state index in [1.165, 1.54) is 12.1 Å². The Morgan fingerprint density at radius 3 is 2.61 bits per heavy atom. The standard InChI is InChI=1S/C20H20ClF3N2OS/c1-11-4-7-17-13(8-11)16(10-19(2,3)27-17)26-18(28)25-12-5-6-15(21)14(9-12)20(22,23)24/h4-9,16H,10H2,1-3H3,(H2,25,26,28)/t16-/m1/s1. The van der Waals surface area contributed by atoms with Gasteiger partial charge in [-0.1, -0.05) is 29.3 Å². The molecule has 8 heteroatoms. The molecule has 0 unspecified atom stereocenters. The van der Waals surface area contributed by atoms with Crippen molar-refractivity contribution in [1.82, 2.24) is 5.32 Å². The molecule has 1 heterocycles. The number of anilines is 1. The minimum absolute atomic E-state index is 0.131. The van der Waals surface area contributed by atoms with E-state index in [0.29, 0.717) is 6.42 Å². The molecule has 0 bridgehead atoms. The number of hydrogen-bond acceptors (Lipinski definition) is 2. The van der Waals surface area contributed by atoms with Crippen LogP contribution in [0.5, 0.6) is 5.75 Å². The van der Waals surface area contributed by atoms with E-state index in [2.05, 4.69) is 10.6 Å². The summed E-state index contributed by atoms with van der Waals surface area (Å²) < 4.78 is 45.2. The number of halogens is 4. The summed E-state index contributed by atoms with van der Waals surface area (Å²) in [6, 6.07) is 9.39. The van der Waals surface area contributed by atoms with E-state index in [-0.39, 0.29) is 21.9 Å². The van der Waals surface area contributed by atoms with Gasteiger partial charge in [0.2, 0.25) is 0 Å². The smallest absolute Gasteiger partial charge is 0.417 e. The molecule has 3 rings (SSSR count). The van der Waals surface area contributed by atoms with Crippen LogP contribution in [-0.2, 0) is 6.18 Å². The predicted molar refractivity (Wildman–Crippen MR) is 109 cm³/mol. The summed E-state index contributed by atoms with van der Waals surface area (Å²) >= 11 is 11.0. The summed E-state index contributed by atoms with van der Waals surface area (Å²) in [5, 5.41) is 5.90. The largest absolute Gasteiger partial charge is 0.487 e. The van der Waals surface area contributed by atoms with Gasteiger partial charge in [0.05, 0.1) is 16.6 Å². The first kappa shape index (κ1) is 20.7. The fourth-order valence-corrected chi connectivity index (χ4v) is 3.73. The molecule has 0 spiro atoms. The molecule has 150 valence electrons. The third-order valence-electron chi connectivity index (χ3n) is 4.46. The molecular formula is C20H20ClF3N2OS. The van der Waals surface area contributed by atoms with Gasteiger partial charge in [0, 0.05) is 17.7 Å². The number of rotatable bonds is 2. The van der Waals surface area contributed by atoms with Crippen LogP contribution in [0.2, 0.25) is 5.02 Å². The summed E-state index contributed by atoms with van der Waals surface area (Å²) in [5.74, 6) is 0.771. The van der Waals surface area contributed by atoms with Crippen LogP contribution in [0.15, 0.2) is 36.4 Å². The van der Waals surface area contributed by atoms with Crippen LogP contribution in [0.3, 0.4) is 0 Å². The van der Waals surface area contributed by atoms with Gasteiger partial charge in [-0.15, -0.1) is 0 Å². The number of nitrogens with one attached hydrogen (secondary N) is 2. The molecular weight excluding hydrogens is 409 g/mol. The SMILES string of the molecule is Cc1ccc2c(c1)[C@H](NC(=S)Nc1ccc(Cl)c(C(F)(F)F)c1)CC(C)(C)O2. The van der Waals surface area contributed by atoms with Gasteiger partial charge in [0.1, 0.15) is 11.4 Å². The molecule has 1 aliphatic heterocycles. The Hall–Kier alpha value is -1.99. The molecule has 0 fully saturated rings. The van der Waals surface area contributed by atoms with E-state index in [1.807, 2.05) is 39.0 Å². The van der Waals surface area contributed by atoms with E-state index >= 15 is 0 Å². The van der Waals surface area contributed by atoms with Gasteiger partial charge in [-0.25, -0.2) is 0 Å². The number of alkyl halides is 3. The van der Waals surface area contributed by atoms with Crippen LogP contribution in [-0.4, -0.2) is 10.7 Å². The normalized spacial score (nSPS) is 18.0. The maximum atomic E-state index is 13.1. The van der Waals surface area contributed by atoms with Gasteiger partial charge in [-0.2, -0.15) is 13.2 Å². The fraction of sp³-hybridized carbons (Fsp3) is 0.350. The Morgan fingerprint density at radius 2 is 1.93 bits per heavy atom. The van der Waals surface area contributed by atoms with Crippen LogP contribution in [0, 0.1) is 6.92 Å². The van der Waals surface area contributed by atoms with Crippen LogP contribution >= 0.6 is 23.8 Å². The highest BCUT2D eigenvalue weighted by molar-refractivity contribution is 7.80. The average Bonchev–Trinajstić information content (AvgIpc) is 2.55. The molecule has 0 saturated heterocycles. The number of aryl methyl sites for hydroxylation is 1.